The Labute approximate surface area is 179 Å². The summed E-state index contributed by atoms with van der Waals surface area (Å²) in [5, 5.41) is 6.41. The summed E-state index contributed by atoms with van der Waals surface area (Å²) in [7, 11) is 0. The molecule has 0 fully saturated rings. The lowest BCUT2D eigenvalue weighted by atomic mass is 10.1. The van der Waals surface area contributed by atoms with Gasteiger partial charge in [0.15, 0.2) is 0 Å². The summed E-state index contributed by atoms with van der Waals surface area (Å²) >= 11 is 0. The van der Waals surface area contributed by atoms with Crippen LogP contribution in [0.4, 0.5) is 10.1 Å². The van der Waals surface area contributed by atoms with Crippen LogP contribution in [0.15, 0.2) is 71.8 Å². The van der Waals surface area contributed by atoms with E-state index in [2.05, 4.69) is 15.8 Å². The average Bonchev–Trinajstić information content (AvgIpc) is 2.75. The van der Waals surface area contributed by atoms with Gasteiger partial charge in [-0.15, -0.1) is 0 Å². The molecular formula is C24H22FN3O3. The van der Waals surface area contributed by atoms with Crippen molar-refractivity contribution in [3.63, 3.8) is 0 Å². The van der Waals surface area contributed by atoms with Crippen LogP contribution in [0.5, 0.6) is 5.75 Å². The van der Waals surface area contributed by atoms with Crippen LogP contribution in [0, 0.1) is 19.7 Å². The van der Waals surface area contributed by atoms with Crippen LogP contribution in [-0.2, 0) is 16.2 Å². The van der Waals surface area contributed by atoms with Crippen molar-refractivity contribution in [2.75, 3.05) is 5.32 Å². The van der Waals surface area contributed by atoms with Crippen LogP contribution in [0.1, 0.15) is 22.3 Å². The smallest absolute Gasteiger partial charge is 0.329 e. The van der Waals surface area contributed by atoms with Crippen LogP contribution in [0.2, 0.25) is 0 Å². The van der Waals surface area contributed by atoms with E-state index in [-0.39, 0.29) is 12.4 Å². The van der Waals surface area contributed by atoms with E-state index >= 15 is 0 Å². The molecule has 3 aromatic carbocycles. The van der Waals surface area contributed by atoms with Gasteiger partial charge in [0.1, 0.15) is 18.2 Å². The van der Waals surface area contributed by atoms with E-state index in [1.807, 2.05) is 32.0 Å². The van der Waals surface area contributed by atoms with Gasteiger partial charge >= 0.3 is 11.8 Å². The number of benzene rings is 3. The molecule has 0 saturated carbocycles. The number of hydrazone groups is 1. The number of amides is 2. The predicted octanol–water partition coefficient (Wildman–Crippen LogP) is 4.11. The minimum absolute atomic E-state index is 0.247. The maximum absolute atomic E-state index is 13.2. The molecule has 0 unspecified atom stereocenters. The highest BCUT2D eigenvalue weighted by Gasteiger charge is 2.15. The topological polar surface area (TPSA) is 79.8 Å². The van der Waals surface area contributed by atoms with Crippen LogP contribution in [0.3, 0.4) is 0 Å². The Bertz CT molecular complexity index is 1090. The molecule has 0 aliphatic heterocycles. The molecule has 2 N–H and O–H groups in total. The molecular weight excluding hydrogens is 397 g/mol. The number of para-hydroxylation sites is 1. The van der Waals surface area contributed by atoms with Crippen molar-refractivity contribution >= 4 is 23.7 Å². The summed E-state index contributed by atoms with van der Waals surface area (Å²) in [5.41, 5.74) is 5.98. The first kappa shape index (κ1) is 21.7. The zero-order chi connectivity index (χ0) is 22.2. The third kappa shape index (κ3) is 6.24. The number of hydrogen-bond donors (Lipinski definition) is 2. The third-order valence-corrected chi connectivity index (χ3v) is 4.48. The SMILES string of the molecule is Cc1cccc(C)c1NC(=O)C(=O)N/N=C\c1ccc(OCc2cccc(F)c2)cc1. The van der Waals surface area contributed by atoms with E-state index in [4.69, 9.17) is 4.74 Å². The van der Waals surface area contributed by atoms with Gasteiger partial charge in [-0.3, -0.25) is 9.59 Å². The summed E-state index contributed by atoms with van der Waals surface area (Å²) in [5.74, 6) is -1.36. The van der Waals surface area contributed by atoms with Gasteiger partial charge in [0, 0.05) is 5.69 Å². The second-order valence-electron chi connectivity index (χ2n) is 6.91. The molecule has 7 heteroatoms. The minimum Gasteiger partial charge on any atom is -0.489 e. The van der Waals surface area contributed by atoms with Gasteiger partial charge in [0.2, 0.25) is 0 Å². The highest BCUT2D eigenvalue weighted by Crippen LogP contribution is 2.19. The van der Waals surface area contributed by atoms with E-state index in [9.17, 15) is 14.0 Å². The second-order valence-corrected chi connectivity index (χ2v) is 6.91. The lowest BCUT2D eigenvalue weighted by Crippen LogP contribution is -2.32. The molecule has 0 atom stereocenters. The first-order valence-electron chi connectivity index (χ1n) is 9.60. The van der Waals surface area contributed by atoms with E-state index < -0.39 is 11.8 Å². The molecule has 0 aliphatic carbocycles. The quantitative estimate of drug-likeness (QED) is 0.359. The van der Waals surface area contributed by atoms with E-state index in [1.54, 1.807) is 36.4 Å². The third-order valence-electron chi connectivity index (χ3n) is 4.48. The number of carbonyl (C=O) groups excluding carboxylic acids is 2. The summed E-state index contributed by atoms with van der Waals surface area (Å²) in [6, 6.07) is 18.7. The molecule has 0 radical (unpaired) electrons. The Kier molecular flexibility index (Phi) is 7.11. The van der Waals surface area contributed by atoms with Gasteiger partial charge in [0.05, 0.1) is 6.21 Å². The molecule has 2 amide bonds. The molecule has 0 heterocycles. The molecule has 31 heavy (non-hydrogen) atoms. The van der Waals surface area contributed by atoms with Crippen molar-refractivity contribution in [2.24, 2.45) is 5.10 Å². The summed E-state index contributed by atoms with van der Waals surface area (Å²) in [6.07, 6.45) is 1.42. The summed E-state index contributed by atoms with van der Waals surface area (Å²) in [6.45, 7) is 3.95. The Hall–Kier alpha value is -4.00. The van der Waals surface area contributed by atoms with Crippen molar-refractivity contribution in [1.29, 1.82) is 0 Å². The van der Waals surface area contributed by atoms with Crippen LogP contribution in [0.25, 0.3) is 0 Å². The number of anilines is 1. The average molecular weight is 419 g/mol. The number of halogens is 1. The van der Waals surface area contributed by atoms with Gasteiger partial charge < -0.3 is 10.1 Å². The Morgan fingerprint density at radius 2 is 1.65 bits per heavy atom. The molecule has 3 rings (SSSR count). The molecule has 0 saturated heterocycles. The molecule has 0 spiro atoms. The Balaban J connectivity index is 1.50. The Morgan fingerprint density at radius 3 is 2.32 bits per heavy atom. The van der Waals surface area contributed by atoms with E-state index in [1.165, 1.54) is 18.3 Å². The zero-order valence-electron chi connectivity index (χ0n) is 17.2. The molecule has 3 aromatic rings. The highest BCUT2D eigenvalue weighted by atomic mass is 19.1. The van der Waals surface area contributed by atoms with E-state index in [0.717, 1.165) is 16.7 Å². The number of rotatable bonds is 6. The Morgan fingerprint density at radius 1 is 0.968 bits per heavy atom. The number of nitrogens with one attached hydrogen (secondary N) is 2. The first-order valence-corrected chi connectivity index (χ1v) is 9.60. The molecule has 0 aliphatic rings. The number of hydrogen-bond acceptors (Lipinski definition) is 4. The van der Waals surface area contributed by atoms with Gasteiger partial charge in [-0.1, -0.05) is 30.3 Å². The van der Waals surface area contributed by atoms with Crippen molar-refractivity contribution in [3.8, 4) is 5.75 Å². The van der Waals surface area contributed by atoms with Crippen molar-refractivity contribution < 1.29 is 18.7 Å². The van der Waals surface area contributed by atoms with Crippen LogP contribution >= 0.6 is 0 Å². The fourth-order valence-electron chi connectivity index (χ4n) is 2.84. The zero-order valence-corrected chi connectivity index (χ0v) is 17.2. The minimum atomic E-state index is -0.867. The fraction of sp³-hybridized carbons (Fsp3) is 0.125. The lowest BCUT2D eigenvalue weighted by molar-refractivity contribution is -0.136. The van der Waals surface area contributed by atoms with Crippen LogP contribution < -0.4 is 15.5 Å². The molecule has 158 valence electrons. The van der Waals surface area contributed by atoms with Crippen LogP contribution in [-0.4, -0.2) is 18.0 Å². The monoisotopic (exact) mass is 419 g/mol. The molecule has 0 aromatic heterocycles. The van der Waals surface area contributed by atoms with Gasteiger partial charge in [0.25, 0.3) is 0 Å². The standard InChI is InChI=1S/C24H22FN3O3/c1-16-5-3-6-17(2)22(16)27-23(29)24(30)28-26-14-18-9-11-21(12-10-18)31-15-19-7-4-8-20(25)13-19/h3-14H,15H2,1-2H3,(H,27,29)(H,28,30)/b26-14-. The maximum Gasteiger partial charge on any atom is 0.329 e. The number of aryl methyl sites for hydroxylation is 2. The predicted molar refractivity (Wildman–Crippen MR) is 117 cm³/mol. The number of carbonyl (C=O) groups is 2. The number of nitrogens with zero attached hydrogens (tertiary/aromatic N) is 1. The fourth-order valence-corrected chi connectivity index (χ4v) is 2.84. The second kappa shape index (κ2) is 10.2. The maximum atomic E-state index is 13.2. The first-order chi connectivity index (χ1) is 14.9. The van der Waals surface area contributed by atoms with Crippen molar-refractivity contribution in [1.82, 2.24) is 5.43 Å². The van der Waals surface area contributed by atoms with Crippen molar-refractivity contribution in [2.45, 2.75) is 20.5 Å². The van der Waals surface area contributed by atoms with E-state index in [0.29, 0.717) is 17.0 Å². The van der Waals surface area contributed by atoms with Gasteiger partial charge in [-0.25, -0.2) is 9.82 Å². The largest absolute Gasteiger partial charge is 0.489 e. The normalized spacial score (nSPS) is 10.7. The van der Waals surface area contributed by atoms with Crippen molar-refractivity contribution in [3.05, 3.63) is 94.8 Å². The molecule has 0 bridgehead atoms. The highest BCUT2D eigenvalue weighted by molar-refractivity contribution is 6.39. The lowest BCUT2D eigenvalue weighted by Gasteiger charge is -2.10. The number of ether oxygens (including phenoxy) is 1. The summed E-state index contributed by atoms with van der Waals surface area (Å²) in [4.78, 5) is 24.1. The van der Waals surface area contributed by atoms with Gasteiger partial charge in [-0.2, -0.15) is 5.10 Å². The van der Waals surface area contributed by atoms with Gasteiger partial charge in [-0.05, 0) is 72.5 Å². The summed E-state index contributed by atoms with van der Waals surface area (Å²) < 4.78 is 18.8. The molecule has 6 nitrogen and oxygen atoms in total.